The molecule has 0 heterocycles. The molecule has 1 unspecified atom stereocenters. The number of aromatic hydroxyl groups is 1. The number of benzene rings is 1. The van der Waals surface area contributed by atoms with E-state index in [1.807, 2.05) is 0 Å². The van der Waals surface area contributed by atoms with Gasteiger partial charge in [0.2, 0.25) is 0 Å². The van der Waals surface area contributed by atoms with Crippen molar-refractivity contribution in [2.75, 3.05) is 6.61 Å². The molecule has 11 heteroatoms. The maximum absolute atomic E-state index is 11.6. The van der Waals surface area contributed by atoms with Gasteiger partial charge >= 0.3 is 5.97 Å². The van der Waals surface area contributed by atoms with Crippen LogP contribution in [0, 0.1) is 0 Å². The summed E-state index contributed by atoms with van der Waals surface area (Å²) >= 11 is 0. The van der Waals surface area contributed by atoms with E-state index in [-0.39, 0.29) is 24.3 Å². The van der Waals surface area contributed by atoms with Gasteiger partial charge in [-0.3, -0.25) is 25.6 Å². The van der Waals surface area contributed by atoms with Crippen LogP contribution in [0.3, 0.4) is 0 Å². The number of hydrogen-bond donors (Lipinski definition) is 5. The molecule has 0 aliphatic rings. The molecule has 1 rings (SSSR count). The lowest BCUT2D eigenvalue weighted by atomic mass is 10.2. The van der Waals surface area contributed by atoms with Crippen LogP contribution in [0.5, 0.6) is 11.5 Å². The van der Waals surface area contributed by atoms with Crippen LogP contribution in [-0.2, 0) is 14.5 Å². The van der Waals surface area contributed by atoms with Crippen LogP contribution in [0.15, 0.2) is 24.3 Å². The highest BCUT2D eigenvalue weighted by Crippen LogP contribution is 2.17. The highest BCUT2D eigenvalue weighted by atomic mass is 17.1. The van der Waals surface area contributed by atoms with Crippen molar-refractivity contribution >= 4 is 5.97 Å². The standard InChI is InChI=1S/C11H16N2O9/c14-8-1-3-9(4-2-8)21-11(15)6-5-10(22-13(18)19)7-20-12(16)17/h1-4,10,14,16-19H,5-7H2. The minimum Gasteiger partial charge on any atom is -0.508 e. The molecular formula is C11H16N2O9. The van der Waals surface area contributed by atoms with E-state index in [2.05, 4.69) is 9.68 Å². The van der Waals surface area contributed by atoms with Gasteiger partial charge < -0.3 is 9.84 Å². The average Bonchev–Trinajstić information content (AvgIpc) is 2.44. The summed E-state index contributed by atoms with van der Waals surface area (Å²) in [5, 5.41) is 41.8. The first-order valence-electron chi connectivity index (χ1n) is 6.02. The van der Waals surface area contributed by atoms with Crippen molar-refractivity contribution in [3.63, 3.8) is 0 Å². The normalized spacial score (nSPS) is 12.6. The zero-order valence-corrected chi connectivity index (χ0v) is 11.3. The van der Waals surface area contributed by atoms with Crippen molar-refractivity contribution in [2.24, 2.45) is 0 Å². The molecule has 0 saturated heterocycles. The van der Waals surface area contributed by atoms with Crippen molar-refractivity contribution in [1.82, 2.24) is 10.8 Å². The second-order valence-electron chi connectivity index (χ2n) is 4.04. The molecule has 1 aromatic carbocycles. The van der Waals surface area contributed by atoms with E-state index in [1.165, 1.54) is 24.3 Å². The smallest absolute Gasteiger partial charge is 0.311 e. The fraction of sp³-hybridized carbons (Fsp3) is 0.364. The number of carbonyl (C=O) groups is 1. The van der Waals surface area contributed by atoms with E-state index in [1.54, 1.807) is 0 Å². The minimum absolute atomic E-state index is 0.0222. The first-order valence-corrected chi connectivity index (χ1v) is 6.02. The van der Waals surface area contributed by atoms with E-state index < -0.39 is 29.5 Å². The molecule has 11 nitrogen and oxygen atoms in total. The number of phenols is 1. The Morgan fingerprint density at radius 1 is 1.09 bits per heavy atom. The molecule has 22 heavy (non-hydrogen) atoms. The quantitative estimate of drug-likeness (QED) is 0.245. The van der Waals surface area contributed by atoms with E-state index in [9.17, 15) is 4.79 Å². The summed E-state index contributed by atoms with van der Waals surface area (Å²) in [4.78, 5) is 20.3. The number of carbonyl (C=O) groups excluding carboxylic acids is 1. The molecule has 0 amide bonds. The third-order valence-electron chi connectivity index (χ3n) is 2.36. The second-order valence-corrected chi connectivity index (χ2v) is 4.04. The van der Waals surface area contributed by atoms with Crippen molar-refractivity contribution in [3.05, 3.63) is 24.3 Å². The summed E-state index contributed by atoms with van der Waals surface area (Å²) in [6.45, 7) is -0.475. The monoisotopic (exact) mass is 320 g/mol. The van der Waals surface area contributed by atoms with E-state index in [0.717, 1.165) is 0 Å². The van der Waals surface area contributed by atoms with Crippen molar-refractivity contribution < 1.29 is 45.1 Å². The number of nitrogens with zero attached hydrogens (tertiary/aromatic N) is 2. The molecule has 0 radical (unpaired) electrons. The number of rotatable bonds is 9. The fourth-order valence-electron chi connectivity index (χ4n) is 1.43. The van der Waals surface area contributed by atoms with E-state index in [0.29, 0.717) is 0 Å². The predicted octanol–water partition coefficient (Wildman–Crippen LogP) is 0.470. The molecule has 0 aliphatic carbocycles. The predicted molar refractivity (Wildman–Crippen MR) is 64.6 cm³/mol. The zero-order valence-electron chi connectivity index (χ0n) is 11.3. The van der Waals surface area contributed by atoms with Gasteiger partial charge in [0.25, 0.3) is 0 Å². The number of phenolic OH excluding ortho intramolecular Hbond substituents is 1. The molecule has 0 fully saturated rings. The zero-order chi connectivity index (χ0) is 16.5. The largest absolute Gasteiger partial charge is 0.508 e. The molecule has 0 bridgehead atoms. The highest BCUT2D eigenvalue weighted by molar-refractivity contribution is 5.72. The first-order chi connectivity index (χ1) is 10.4. The van der Waals surface area contributed by atoms with Crippen LogP contribution in [0.1, 0.15) is 12.8 Å². The van der Waals surface area contributed by atoms with Gasteiger partial charge in [0.1, 0.15) is 24.2 Å². The Bertz CT molecular complexity index is 451. The molecule has 5 N–H and O–H groups in total. The molecular weight excluding hydrogens is 304 g/mol. The minimum atomic E-state index is -1.07. The molecule has 1 aromatic rings. The molecule has 0 aliphatic heterocycles. The Balaban J connectivity index is 2.41. The van der Waals surface area contributed by atoms with Crippen molar-refractivity contribution in [3.8, 4) is 11.5 Å². The van der Waals surface area contributed by atoms with Gasteiger partial charge in [-0.25, -0.2) is 9.68 Å². The third-order valence-corrected chi connectivity index (χ3v) is 2.36. The topological polar surface area (TPSA) is 152 Å². The SMILES string of the molecule is O=C(CCC(CON(O)O)ON(O)O)Oc1ccc(O)cc1. The number of ether oxygens (including phenoxy) is 1. The van der Waals surface area contributed by atoms with Gasteiger partial charge in [-0.1, -0.05) is 0 Å². The van der Waals surface area contributed by atoms with Crippen molar-refractivity contribution in [1.29, 1.82) is 0 Å². The Kier molecular flexibility index (Phi) is 7.65. The number of esters is 1. The lowest BCUT2D eigenvalue weighted by Gasteiger charge is -2.18. The van der Waals surface area contributed by atoms with E-state index >= 15 is 0 Å². The average molecular weight is 320 g/mol. The maximum atomic E-state index is 11.6. The first kappa shape index (κ1) is 18.2. The van der Waals surface area contributed by atoms with E-state index in [4.69, 9.17) is 30.7 Å². The van der Waals surface area contributed by atoms with Crippen molar-refractivity contribution in [2.45, 2.75) is 18.9 Å². The lowest BCUT2D eigenvalue weighted by Crippen LogP contribution is -2.31. The summed E-state index contributed by atoms with van der Waals surface area (Å²) < 4.78 is 4.96. The summed E-state index contributed by atoms with van der Waals surface area (Å²) in [6.07, 6.45) is -1.31. The Morgan fingerprint density at radius 2 is 1.73 bits per heavy atom. The molecule has 0 aromatic heterocycles. The Morgan fingerprint density at radius 3 is 2.27 bits per heavy atom. The van der Waals surface area contributed by atoms with Gasteiger partial charge in [0.15, 0.2) is 0 Å². The summed E-state index contributed by atoms with van der Waals surface area (Å²) in [7, 11) is 0. The van der Waals surface area contributed by atoms with Crippen LogP contribution in [-0.4, -0.2) is 55.4 Å². The second kappa shape index (κ2) is 9.24. The number of hydrogen-bond acceptors (Lipinski definition) is 11. The van der Waals surface area contributed by atoms with Gasteiger partial charge in [-0.05, 0) is 30.7 Å². The van der Waals surface area contributed by atoms with Crippen LogP contribution in [0.2, 0.25) is 0 Å². The lowest BCUT2D eigenvalue weighted by molar-refractivity contribution is -0.527. The van der Waals surface area contributed by atoms with Gasteiger partial charge in [-0.2, -0.15) is 0 Å². The van der Waals surface area contributed by atoms with Gasteiger partial charge in [-0.15, -0.1) is 0 Å². The summed E-state index contributed by atoms with van der Waals surface area (Å²) in [5.74, 6) is -0.403. The Labute approximate surface area is 124 Å². The highest BCUT2D eigenvalue weighted by Gasteiger charge is 2.18. The summed E-state index contributed by atoms with van der Waals surface area (Å²) in [5.41, 5.74) is 0. The van der Waals surface area contributed by atoms with Crippen LogP contribution in [0.4, 0.5) is 0 Å². The van der Waals surface area contributed by atoms with Crippen LogP contribution in [0.25, 0.3) is 0 Å². The van der Waals surface area contributed by atoms with Crippen LogP contribution < -0.4 is 4.74 Å². The van der Waals surface area contributed by atoms with Gasteiger partial charge in [0, 0.05) is 6.42 Å². The Hall–Kier alpha value is -1.83. The molecule has 0 saturated carbocycles. The molecule has 1 atom stereocenters. The van der Waals surface area contributed by atoms with Gasteiger partial charge in [0.05, 0.1) is 10.8 Å². The molecule has 0 spiro atoms. The maximum Gasteiger partial charge on any atom is 0.311 e. The third kappa shape index (κ3) is 7.82. The molecule has 124 valence electrons. The summed E-state index contributed by atoms with van der Waals surface area (Å²) in [6, 6.07) is 5.47. The fourth-order valence-corrected chi connectivity index (χ4v) is 1.43. The van der Waals surface area contributed by atoms with Crippen LogP contribution >= 0.6 is 0 Å².